The molecule has 0 bridgehead atoms. The topological polar surface area (TPSA) is 60.9 Å². The summed E-state index contributed by atoms with van der Waals surface area (Å²) in [6, 6.07) is 1.23. The molecule has 1 aliphatic heterocycles. The summed E-state index contributed by atoms with van der Waals surface area (Å²) in [5, 5.41) is 10.2. The number of nitrogens with zero attached hydrogens (tertiary/aromatic N) is 2. The molecule has 5 nitrogen and oxygen atoms in total. The average molecular weight is 404 g/mol. The molecule has 1 saturated heterocycles. The van der Waals surface area contributed by atoms with Crippen LogP contribution in [0.3, 0.4) is 0 Å². The van der Waals surface area contributed by atoms with Crippen LogP contribution >= 0.6 is 38.9 Å². The SMILES string of the molecule is CN(C)CC1CC(O)CN1S(=O)(=O)c1cc(Cl)c(Br)s1. The lowest BCUT2D eigenvalue weighted by atomic mass is 10.2. The molecule has 0 spiro atoms. The second-order valence-electron chi connectivity index (χ2n) is 5.07. The third-order valence-electron chi connectivity index (χ3n) is 3.10. The van der Waals surface area contributed by atoms with Crippen LogP contribution in [0.25, 0.3) is 0 Å². The van der Waals surface area contributed by atoms with E-state index in [-0.39, 0.29) is 16.8 Å². The minimum absolute atomic E-state index is 0.133. The Morgan fingerprint density at radius 3 is 2.75 bits per heavy atom. The second kappa shape index (κ2) is 6.20. The molecule has 20 heavy (non-hydrogen) atoms. The fourth-order valence-electron chi connectivity index (χ4n) is 2.31. The normalized spacial score (nSPS) is 24.7. The Kier molecular flexibility index (Phi) is 5.16. The molecule has 1 N–H and O–H groups in total. The van der Waals surface area contributed by atoms with E-state index in [1.807, 2.05) is 19.0 Å². The molecule has 2 rings (SSSR count). The third-order valence-corrected chi connectivity index (χ3v) is 7.95. The fourth-order valence-corrected chi connectivity index (χ4v) is 6.51. The summed E-state index contributed by atoms with van der Waals surface area (Å²) < 4.78 is 27.5. The van der Waals surface area contributed by atoms with Gasteiger partial charge < -0.3 is 10.0 Å². The van der Waals surface area contributed by atoms with E-state index in [0.29, 0.717) is 21.8 Å². The molecule has 2 heterocycles. The standard InChI is InChI=1S/C11H16BrClN2O3S2/c1-14(2)5-7-3-8(16)6-15(7)20(17,18)10-4-9(13)11(12)19-10/h4,7-8,16H,3,5-6H2,1-2H3. The van der Waals surface area contributed by atoms with E-state index in [0.717, 1.165) is 11.3 Å². The van der Waals surface area contributed by atoms with Gasteiger partial charge in [-0.05, 0) is 42.5 Å². The van der Waals surface area contributed by atoms with Gasteiger partial charge in [-0.3, -0.25) is 0 Å². The van der Waals surface area contributed by atoms with Crippen molar-refractivity contribution in [3.63, 3.8) is 0 Å². The zero-order valence-electron chi connectivity index (χ0n) is 11.1. The Morgan fingerprint density at radius 1 is 1.60 bits per heavy atom. The van der Waals surface area contributed by atoms with Gasteiger partial charge in [0.1, 0.15) is 4.21 Å². The summed E-state index contributed by atoms with van der Waals surface area (Å²) in [4.78, 5) is 1.92. The quantitative estimate of drug-likeness (QED) is 0.833. The van der Waals surface area contributed by atoms with E-state index in [9.17, 15) is 13.5 Å². The van der Waals surface area contributed by atoms with Crippen molar-refractivity contribution in [2.45, 2.75) is 22.8 Å². The number of halogens is 2. The average Bonchev–Trinajstić information content (AvgIpc) is 2.83. The number of aliphatic hydroxyl groups is 1. The lowest BCUT2D eigenvalue weighted by Crippen LogP contribution is -2.41. The van der Waals surface area contributed by atoms with Crippen LogP contribution in [0.1, 0.15) is 6.42 Å². The highest BCUT2D eigenvalue weighted by atomic mass is 79.9. The van der Waals surface area contributed by atoms with Gasteiger partial charge in [-0.1, -0.05) is 11.6 Å². The Bertz CT molecular complexity index is 571. The molecule has 2 unspecified atom stereocenters. The van der Waals surface area contributed by atoms with Gasteiger partial charge in [0.05, 0.1) is 14.9 Å². The van der Waals surface area contributed by atoms with Crippen LogP contribution in [0, 0.1) is 0 Å². The minimum Gasteiger partial charge on any atom is -0.392 e. The second-order valence-corrected chi connectivity index (χ2v) is 9.96. The van der Waals surface area contributed by atoms with Gasteiger partial charge in [0.15, 0.2) is 0 Å². The van der Waals surface area contributed by atoms with Crippen LogP contribution in [-0.2, 0) is 10.0 Å². The summed E-state index contributed by atoms with van der Waals surface area (Å²) in [5.41, 5.74) is 0. The number of hydrogen-bond acceptors (Lipinski definition) is 5. The predicted molar refractivity (Wildman–Crippen MR) is 83.9 cm³/mol. The van der Waals surface area contributed by atoms with Gasteiger partial charge in [-0.25, -0.2) is 8.42 Å². The Morgan fingerprint density at radius 2 is 2.25 bits per heavy atom. The number of likely N-dealkylation sites (N-methyl/N-ethyl adjacent to an activating group) is 1. The largest absolute Gasteiger partial charge is 0.392 e. The molecule has 0 amide bonds. The van der Waals surface area contributed by atoms with E-state index in [1.165, 1.54) is 10.4 Å². The molecule has 1 aromatic rings. The molecular formula is C11H16BrClN2O3S2. The van der Waals surface area contributed by atoms with Crippen molar-refractivity contribution in [1.29, 1.82) is 0 Å². The molecule has 0 aliphatic carbocycles. The smallest absolute Gasteiger partial charge is 0.253 e. The number of rotatable bonds is 4. The minimum atomic E-state index is -3.62. The van der Waals surface area contributed by atoms with Gasteiger partial charge in [-0.2, -0.15) is 4.31 Å². The number of β-amino-alcohol motifs (C(OH)–C–C–N with tert-alkyl or cyclic N) is 1. The molecule has 0 radical (unpaired) electrons. The summed E-state index contributed by atoms with van der Waals surface area (Å²) in [6.45, 7) is 0.713. The van der Waals surface area contributed by atoms with Gasteiger partial charge in [0.25, 0.3) is 10.0 Å². The lowest BCUT2D eigenvalue weighted by Gasteiger charge is -2.25. The molecule has 114 valence electrons. The number of thiophene rings is 1. The van der Waals surface area contributed by atoms with Crippen molar-refractivity contribution in [2.75, 3.05) is 27.2 Å². The van der Waals surface area contributed by atoms with E-state index < -0.39 is 16.1 Å². The maximum Gasteiger partial charge on any atom is 0.253 e. The Hall–Kier alpha value is 0.300. The maximum atomic E-state index is 12.7. The van der Waals surface area contributed by atoms with E-state index in [1.54, 1.807) is 0 Å². The van der Waals surface area contributed by atoms with E-state index in [4.69, 9.17) is 11.6 Å². The fraction of sp³-hybridized carbons (Fsp3) is 0.636. The zero-order valence-corrected chi connectivity index (χ0v) is 15.1. The van der Waals surface area contributed by atoms with Gasteiger partial charge in [0, 0.05) is 19.1 Å². The number of hydrogen-bond donors (Lipinski definition) is 1. The molecule has 9 heteroatoms. The van der Waals surface area contributed by atoms with Crippen LogP contribution < -0.4 is 0 Å². The third kappa shape index (κ3) is 3.37. The van der Waals surface area contributed by atoms with Crippen LogP contribution in [0.2, 0.25) is 5.02 Å². The first-order chi connectivity index (χ1) is 9.21. The van der Waals surface area contributed by atoms with Gasteiger partial charge in [-0.15, -0.1) is 11.3 Å². The molecule has 1 aromatic heterocycles. The summed E-state index contributed by atoms with van der Waals surface area (Å²) >= 11 is 10.2. The number of sulfonamides is 1. The van der Waals surface area contributed by atoms with E-state index >= 15 is 0 Å². The molecule has 0 saturated carbocycles. The van der Waals surface area contributed by atoms with E-state index in [2.05, 4.69) is 15.9 Å². The molecule has 2 atom stereocenters. The van der Waals surface area contributed by atoms with Gasteiger partial charge >= 0.3 is 0 Å². The van der Waals surface area contributed by atoms with Crippen LogP contribution in [-0.4, -0.2) is 62.1 Å². The predicted octanol–water partition coefficient (Wildman–Crippen LogP) is 1.85. The highest BCUT2D eigenvalue weighted by molar-refractivity contribution is 9.11. The molecule has 1 aliphatic rings. The Labute approximate surface area is 136 Å². The summed E-state index contributed by atoms with van der Waals surface area (Å²) in [6.07, 6.45) is -0.161. The van der Waals surface area contributed by atoms with Gasteiger partial charge in [0.2, 0.25) is 0 Å². The molecule has 1 fully saturated rings. The van der Waals surface area contributed by atoms with Crippen LogP contribution in [0.4, 0.5) is 0 Å². The molecule has 0 aromatic carbocycles. The first-order valence-electron chi connectivity index (χ1n) is 6.01. The number of aliphatic hydroxyl groups excluding tert-OH is 1. The van der Waals surface area contributed by atoms with Crippen molar-refractivity contribution >= 4 is 48.9 Å². The summed E-state index contributed by atoms with van der Waals surface area (Å²) in [7, 11) is 0.149. The first-order valence-corrected chi connectivity index (χ1v) is 9.44. The first kappa shape index (κ1) is 16.7. The summed E-state index contributed by atoms with van der Waals surface area (Å²) in [5.74, 6) is 0. The van der Waals surface area contributed by atoms with Crippen molar-refractivity contribution in [3.05, 3.63) is 14.9 Å². The van der Waals surface area contributed by atoms with Crippen molar-refractivity contribution in [1.82, 2.24) is 9.21 Å². The zero-order chi connectivity index (χ0) is 15.1. The highest BCUT2D eigenvalue weighted by Crippen LogP contribution is 2.37. The highest BCUT2D eigenvalue weighted by Gasteiger charge is 2.40. The molecular weight excluding hydrogens is 388 g/mol. The van der Waals surface area contributed by atoms with Crippen molar-refractivity contribution in [2.24, 2.45) is 0 Å². The van der Waals surface area contributed by atoms with Crippen molar-refractivity contribution in [3.8, 4) is 0 Å². The monoisotopic (exact) mass is 402 g/mol. The lowest BCUT2D eigenvalue weighted by molar-refractivity contribution is 0.188. The van der Waals surface area contributed by atoms with Crippen LogP contribution in [0.5, 0.6) is 0 Å². The van der Waals surface area contributed by atoms with Crippen LogP contribution in [0.15, 0.2) is 14.1 Å². The van der Waals surface area contributed by atoms with Crippen molar-refractivity contribution < 1.29 is 13.5 Å². The Balaban J connectivity index is 2.32. The maximum absolute atomic E-state index is 12.7.